The van der Waals surface area contributed by atoms with Crippen molar-refractivity contribution in [1.82, 2.24) is 0 Å². The number of carbonyl (C=O) groups is 1. The van der Waals surface area contributed by atoms with Gasteiger partial charge in [0.2, 0.25) is 0 Å². The molecule has 0 atom stereocenters. The van der Waals surface area contributed by atoms with E-state index < -0.39 is 23.2 Å². The van der Waals surface area contributed by atoms with Crippen LogP contribution in [0.1, 0.15) is 21.9 Å². The highest BCUT2D eigenvalue weighted by Crippen LogP contribution is 2.22. The Kier molecular flexibility index (Phi) is 4.02. The fraction of sp³-hybridized carbons (Fsp3) is 0.214. The van der Waals surface area contributed by atoms with Gasteiger partial charge in [0, 0.05) is 0 Å². The van der Waals surface area contributed by atoms with Crippen molar-refractivity contribution in [3.63, 3.8) is 0 Å². The summed E-state index contributed by atoms with van der Waals surface area (Å²) in [6, 6.07) is 5.95. The van der Waals surface area contributed by atoms with Crippen molar-refractivity contribution >= 4 is 11.7 Å². The Labute approximate surface area is 114 Å². The van der Waals surface area contributed by atoms with Crippen LogP contribution in [0.4, 0.5) is 14.5 Å². The molecular weight excluding hydrogens is 268 g/mol. The molecule has 0 saturated heterocycles. The summed E-state index contributed by atoms with van der Waals surface area (Å²) < 4.78 is 37.1. The predicted octanol–water partition coefficient (Wildman–Crippen LogP) is 3.26. The van der Waals surface area contributed by atoms with Gasteiger partial charge in [-0.05, 0) is 31.2 Å². The number of nitrogens with one attached hydrogen (secondary N) is 1. The largest absolute Gasteiger partial charge is 0.465 e. The minimum atomic E-state index is -1.24. The lowest BCUT2D eigenvalue weighted by Crippen LogP contribution is -2.09. The molecule has 1 aromatic carbocycles. The lowest BCUT2D eigenvalue weighted by molar-refractivity contribution is 0.0594. The summed E-state index contributed by atoms with van der Waals surface area (Å²) in [5, 5.41) is 2.71. The summed E-state index contributed by atoms with van der Waals surface area (Å²) in [6.45, 7) is 2.00. The minimum Gasteiger partial charge on any atom is -0.465 e. The first-order valence-electron chi connectivity index (χ1n) is 5.88. The van der Waals surface area contributed by atoms with Crippen molar-refractivity contribution in [2.24, 2.45) is 0 Å². The van der Waals surface area contributed by atoms with Gasteiger partial charge in [-0.25, -0.2) is 13.6 Å². The minimum absolute atomic E-state index is 0.0517. The molecule has 1 aromatic heterocycles. The maximum Gasteiger partial charge on any atom is 0.340 e. The molecule has 20 heavy (non-hydrogen) atoms. The van der Waals surface area contributed by atoms with Gasteiger partial charge in [0.05, 0.1) is 24.9 Å². The van der Waals surface area contributed by atoms with Crippen LogP contribution in [-0.4, -0.2) is 13.1 Å². The monoisotopic (exact) mass is 281 g/mol. The average molecular weight is 281 g/mol. The molecular formula is C14H13F2NO3. The number of esters is 1. The van der Waals surface area contributed by atoms with Gasteiger partial charge in [0.25, 0.3) is 0 Å². The second kappa shape index (κ2) is 5.73. The van der Waals surface area contributed by atoms with Gasteiger partial charge in [0.1, 0.15) is 11.5 Å². The van der Waals surface area contributed by atoms with Crippen molar-refractivity contribution < 1.29 is 22.7 Å². The Hall–Kier alpha value is -2.37. The zero-order valence-corrected chi connectivity index (χ0v) is 11.0. The van der Waals surface area contributed by atoms with E-state index in [0.717, 1.165) is 12.9 Å². The smallest absolute Gasteiger partial charge is 0.340 e. The average Bonchev–Trinajstić information content (AvgIpc) is 2.85. The number of halogens is 2. The highest BCUT2D eigenvalue weighted by atomic mass is 19.2. The molecule has 0 aliphatic carbocycles. The van der Waals surface area contributed by atoms with Gasteiger partial charge < -0.3 is 14.5 Å². The highest BCUT2D eigenvalue weighted by molar-refractivity contribution is 5.90. The number of benzene rings is 1. The molecule has 0 saturated carbocycles. The lowest BCUT2D eigenvalue weighted by atomic mass is 10.2. The third-order valence-corrected chi connectivity index (χ3v) is 2.74. The van der Waals surface area contributed by atoms with Crippen LogP contribution in [0.5, 0.6) is 0 Å². The summed E-state index contributed by atoms with van der Waals surface area (Å²) in [4.78, 5) is 11.2. The van der Waals surface area contributed by atoms with E-state index in [9.17, 15) is 13.6 Å². The number of rotatable bonds is 4. The first-order chi connectivity index (χ1) is 9.52. The fourth-order valence-corrected chi connectivity index (χ4v) is 1.72. The van der Waals surface area contributed by atoms with Gasteiger partial charge in [-0.1, -0.05) is 0 Å². The number of anilines is 1. The molecule has 0 fully saturated rings. The van der Waals surface area contributed by atoms with Gasteiger partial charge in [-0.3, -0.25) is 0 Å². The van der Waals surface area contributed by atoms with Crippen molar-refractivity contribution in [1.29, 1.82) is 0 Å². The third kappa shape index (κ3) is 2.79. The Balaban J connectivity index is 2.17. The molecule has 106 valence electrons. The van der Waals surface area contributed by atoms with Crippen LogP contribution < -0.4 is 5.32 Å². The Morgan fingerprint density at radius 3 is 2.60 bits per heavy atom. The van der Waals surface area contributed by atoms with Gasteiger partial charge in [-0.15, -0.1) is 0 Å². The number of aryl methyl sites for hydroxylation is 1. The Bertz CT molecular complexity index is 637. The van der Waals surface area contributed by atoms with E-state index in [4.69, 9.17) is 4.42 Å². The molecule has 2 rings (SSSR count). The number of furan rings is 1. The maximum absolute atomic E-state index is 13.8. The maximum atomic E-state index is 13.8. The summed E-state index contributed by atoms with van der Waals surface area (Å²) in [7, 11) is 1.10. The van der Waals surface area contributed by atoms with Gasteiger partial charge >= 0.3 is 5.97 Å². The number of hydrogen-bond donors (Lipinski definition) is 1. The predicted molar refractivity (Wildman–Crippen MR) is 68.5 cm³/mol. The number of carbonyl (C=O) groups excluding carboxylic acids is 1. The highest BCUT2D eigenvalue weighted by Gasteiger charge is 2.19. The number of hydrogen-bond acceptors (Lipinski definition) is 4. The first-order valence-corrected chi connectivity index (χ1v) is 5.88. The molecule has 0 spiro atoms. The molecule has 0 aliphatic heterocycles. The molecule has 1 N–H and O–H groups in total. The van der Waals surface area contributed by atoms with E-state index in [-0.39, 0.29) is 12.2 Å². The zero-order chi connectivity index (χ0) is 14.7. The van der Waals surface area contributed by atoms with E-state index in [2.05, 4.69) is 10.1 Å². The van der Waals surface area contributed by atoms with E-state index in [1.54, 1.807) is 19.1 Å². The Morgan fingerprint density at radius 1 is 1.25 bits per heavy atom. The van der Waals surface area contributed by atoms with Crippen LogP contribution in [0, 0.1) is 18.6 Å². The molecule has 2 aromatic rings. The van der Waals surface area contributed by atoms with Crippen molar-refractivity contribution in [3.05, 3.63) is 53.0 Å². The quantitative estimate of drug-likeness (QED) is 0.874. The molecule has 4 nitrogen and oxygen atoms in total. The van der Waals surface area contributed by atoms with E-state index >= 15 is 0 Å². The topological polar surface area (TPSA) is 51.5 Å². The number of ether oxygens (including phenoxy) is 1. The van der Waals surface area contributed by atoms with Crippen LogP contribution in [0.25, 0.3) is 0 Å². The zero-order valence-electron chi connectivity index (χ0n) is 11.0. The number of methoxy groups -OCH3 is 1. The first kappa shape index (κ1) is 14.0. The summed E-state index contributed by atoms with van der Waals surface area (Å²) in [5.74, 6) is -1.96. The molecule has 0 bridgehead atoms. The summed E-state index contributed by atoms with van der Waals surface area (Å²) in [6.07, 6.45) is 0. The van der Waals surface area contributed by atoms with Crippen molar-refractivity contribution in [3.8, 4) is 0 Å². The van der Waals surface area contributed by atoms with Crippen LogP contribution >= 0.6 is 0 Å². The van der Waals surface area contributed by atoms with Gasteiger partial charge in [0.15, 0.2) is 11.6 Å². The molecule has 0 aliphatic rings. The van der Waals surface area contributed by atoms with Crippen LogP contribution in [0.2, 0.25) is 0 Å². The SMILES string of the molecule is COC(=O)c1ccc(NCc2ccc(C)o2)c(F)c1F. The molecule has 0 radical (unpaired) electrons. The summed E-state index contributed by atoms with van der Waals surface area (Å²) in [5.41, 5.74) is -0.492. The molecule has 0 unspecified atom stereocenters. The van der Waals surface area contributed by atoms with Crippen LogP contribution in [0.15, 0.2) is 28.7 Å². The Morgan fingerprint density at radius 2 is 2.00 bits per heavy atom. The normalized spacial score (nSPS) is 10.4. The fourth-order valence-electron chi connectivity index (χ4n) is 1.72. The molecule has 0 amide bonds. The third-order valence-electron chi connectivity index (χ3n) is 2.74. The second-order valence-corrected chi connectivity index (χ2v) is 4.15. The second-order valence-electron chi connectivity index (χ2n) is 4.15. The van der Waals surface area contributed by atoms with E-state index in [1.807, 2.05) is 0 Å². The summed E-state index contributed by atoms with van der Waals surface area (Å²) >= 11 is 0. The van der Waals surface area contributed by atoms with E-state index in [1.165, 1.54) is 12.1 Å². The van der Waals surface area contributed by atoms with Crippen LogP contribution in [-0.2, 0) is 11.3 Å². The standard InChI is InChI=1S/C14H13F2NO3/c1-8-3-4-9(20-8)7-17-11-6-5-10(14(18)19-2)12(15)13(11)16/h3-6,17H,7H2,1-2H3. The van der Waals surface area contributed by atoms with Crippen LogP contribution in [0.3, 0.4) is 0 Å². The van der Waals surface area contributed by atoms with E-state index in [0.29, 0.717) is 5.76 Å². The molecule has 6 heteroatoms. The van der Waals surface area contributed by atoms with Crippen molar-refractivity contribution in [2.45, 2.75) is 13.5 Å². The van der Waals surface area contributed by atoms with Gasteiger partial charge in [-0.2, -0.15) is 0 Å². The molecule has 1 heterocycles. The van der Waals surface area contributed by atoms with Crippen molar-refractivity contribution in [2.75, 3.05) is 12.4 Å². The lowest BCUT2D eigenvalue weighted by Gasteiger charge is -2.08.